The second-order valence-corrected chi connectivity index (χ2v) is 4.80. The van der Waals surface area contributed by atoms with Gasteiger partial charge in [0.2, 0.25) is 0 Å². The van der Waals surface area contributed by atoms with Crippen LogP contribution in [0.15, 0.2) is 25.3 Å². The van der Waals surface area contributed by atoms with Gasteiger partial charge in [-0.25, -0.2) is 0 Å². The standard InChI is InChI=1S/C13H20O2/c1-3-11-5-7-13(8-6-11)9-14-12(4-2)15-10-13/h3-4,11-12H,1-2,5-10H2. The maximum absolute atomic E-state index is 5.62. The molecule has 2 fully saturated rings. The number of hydrogen-bond acceptors (Lipinski definition) is 2. The van der Waals surface area contributed by atoms with Gasteiger partial charge >= 0.3 is 0 Å². The number of allylic oxidation sites excluding steroid dienone is 1. The SMILES string of the molecule is C=CC1CCC2(CC1)COC(C=C)OC2. The Balaban J connectivity index is 1.88. The minimum atomic E-state index is -0.187. The summed E-state index contributed by atoms with van der Waals surface area (Å²) >= 11 is 0. The van der Waals surface area contributed by atoms with Crippen molar-refractivity contribution in [3.05, 3.63) is 25.3 Å². The van der Waals surface area contributed by atoms with Gasteiger partial charge in [-0.1, -0.05) is 12.7 Å². The van der Waals surface area contributed by atoms with E-state index in [1.165, 1.54) is 25.7 Å². The van der Waals surface area contributed by atoms with Crippen LogP contribution in [0, 0.1) is 11.3 Å². The molecule has 1 saturated carbocycles. The zero-order valence-electron chi connectivity index (χ0n) is 9.28. The summed E-state index contributed by atoms with van der Waals surface area (Å²) < 4.78 is 11.2. The van der Waals surface area contributed by atoms with Gasteiger partial charge in [0, 0.05) is 5.41 Å². The quantitative estimate of drug-likeness (QED) is 0.650. The van der Waals surface area contributed by atoms with Crippen molar-refractivity contribution in [3.8, 4) is 0 Å². The smallest absolute Gasteiger partial charge is 0.176 e. The predicted molar refractivity (Wildman–Crippen MR) is 60.5 cm³/mol. The van der Waals surface area contributed by atoms with Gasteiger partial charge in [-0.2, -0.15) is 0 Å². The van der Waals surface area contributed by atoms with E-state index in [1.807, 2.05) is 0 Å². The summed E-state index contributed by atoms with van der Waals surface area (Å²) in [5.74, 6) is 0.702. The minimum Gasteiger partial charge on any atom is -0.348 e. The normalized spacial score (nSPS) is 41.3. The summed E-state index contributed by atoms with van der Waals surface area (Å²) in [4.78, 5) is 0. The fourth-order valence-electron chi connectivity index (χ4n) is 2.52. The molecule has 0 unspecified atom stereocenters. The Hall–Kier alpha value is -0.600. The third kappa shape index (κ3) is 2.32. The van der Waals surface area contributed by atoms with Gasteiger partial charge in [0.1, 0.15) is 0 Å². The molecule has 2 heteroatoms. The molecule has 0 amide bonds. The first-order valence-electron chi connectivity index (χ1n) is 5.76. The van der Waals surface area contributed by atoms with E-state index in [2.05, 4.69) is 19.2 Å². The molecule has 0 N–H and O–H groups in total. The molecule has 0 aromatic carbocycles. The predicted octanol–water partition coefficient (Wildman–Crippen LogP) is 2.91. The molecule has 15 heavy (non-hydrogen) atoms. The maximum atomic E-state index is 5.62. The molecule has 84 valence electrons. The van der Waals surface area contributed by atoms with Crippen LogP contribution in [0.2, 0.25) is 0 Å². The van der Waals surface area contributed by atoms with Gasteiger partial charge in [0.25, 0.3) is 0 Å². The number of ether oxygens (including phenoxy) is 2. The van der Waals surface area contributed by atoms with Gasteiger partial charge in [0.05, 0.1) is 13.2 Å². The van der Waals surface area contributed by atoms with E-state index in [-0.39, 0.29) is 11.7 Å². The Morgan fingerprint density at radius 2 is 1.60 bits per heavy atom. The summed E-state index contributed by atoms with van der Waals surface area (Å²) in [7, 11) is 0. The van der Waals surface area contributed by atoms with E-state index in [0.717, 1.165) is 13.2 Å². The Bertz CT molecular complexity index is 201. The van der Waals surface area contributed by atoms with Crippen molar-refractivity contribution >= 4 is 0 Å². The van der Waals surface area contributed by atoms with Crippen LogP contribution >= 0.6 is 0 Å². The zero-order valence-corrected chi connectivity index (χ0v) is 9.28. The molecule has 1 aliphatic carbocycles. The molecule has 1 aliphatic heterocycles. The average Bonchev–Trinajstić information content (AvgIpc) is 2.31. The van der Waals surface area contributed by atoms with Crippen LogP contribution in [-0.4, -0.2) is 19.5 Å². The van der Waals surface area contributed by atoms with Crippen LogP contribution in [0.3, 0.4) is 0 Å². The number of rotatable bonds is 2. The average molecular weight is 208 g/mol. The van der Waals surface area contributed by atoms with E-state index < -0.39 is 0 Å². The third-order valence-electron chi connectivity index (χ3n) is 3.72. The summed E-state index contributed by atoms with van der Waals surface area (Å²) in [5.41, 5.74) is 0.277. The molecule has 0 aromatic rings. The van der Waals surface area contributed by atoms with Crippen molar-refractivity contribution < 1.29 is 9.47 Å². The first-order chi connectivity index (χ1) is 7.28. The van der Waals surface area contributed by atoms with Crippen molar-refractivity contribution in [3.63, 3.8) is 0 Å². The molecule has 0 atom stereocenters. The Labute approximate surface area is 92.0 Å². The van der Waals surface area contributed by atoms with Crippen LogP contribution in [0.4, 0.5) is 0 Å². The summed E-state index contributed by atoms with van der Waals surface area (Å²) in [6, 6.07) is 0. The molecule has 2 rings (SSSR count). The lowest BCUT2D eigenvalue weighted by molar-refractivity contribution is -0.214. The second kappa shape index (κ2) is 4.50. The lowest BCUT2D eigenvalue weighted by Crippen LogP contribution is -2.43. The summed E-state index contributed by atoms with van der Waals surface area (Å²) in [5, 5.41) is 0. The van der Waals surface area contributed by atoms with Crippen molar-refractivity contribution in [2.45, 2.75) is 32.0 Å². The maximum Gasteiger partial charge on any atom is 0.176 e. The van der Waals surface area contributed by atoms with E-state index in [4.69, 9.17) is 9.47 Å². The molecule has 0 bridgehead atoms. The lowest BCUT2D eigenvalue weighted by atomic mass is 9.71. The van der Waals surface area contributed by atoms with Gasteiger partial charge in [-0.3, -0.25) is 0 Å². The number of hydrogen-bond donors (Lipinski definition) is 0. The van der Waals surface area contributed by atoms with E-state index in [9.17, 15) is 0 Å². The van der Waals surface area contributed by atoms with Crippen molar-refractivity contribution in [2.24, 2.45) is 11.3 Å². The van der Waals surface area contributed by atoms with Gasteiger partial charge in [-0.05, 0) is 37.7 Å². The molecule has 1 spiro atoms. The topological polar surface area (TPSA) is 18.5 Å². The van der Waals surface area contributed by atoms with E-state index in [0.29, 0.717) is 5.92 Å². The molecule has 1 saturated heterocycles. The Morgan fingerprint density at radius 1 is 1.00 bits per heavy atom. The molecule has 1 heterocycles. The van der Waals surface area contributed by atoms with Crippen LogP contribution < -0.4 is 0 Å². The first kappa shape index (κ1) is 10.9. The molecule has 0 radical (unpaired) electrons. The zero-order chi connectivity index (χ0) is 10.7. The van der Waals surface area contributed by atoms with Crippen LogP contribution in [0.25, 0.3) is 0 Å². The highest BCUT2D eigenvalue weighted by molar-refractivity contribution is 4.93. The largest absolute Gasteiger partial charge is 0.348 e. The summed E-state index contributed by atoms with van der Waals surface area (Å²) in [6.45, 7) is 9.20. The highest BCUT2D eigenvalue weighted by Gasteiger charge is 2.38. The monoisotopic (exact) mass is 208 g/mol. The first-order valence-corrected chi connectivity index (χ1v) is 5.76. The van der Waals surface area contributed by atoms with Crippen LogP contribution in [-0.2, 0) is 9.47 Å². The molecular formula is C13H20O2. The van der Waals surface area contributed by atoms with E-state index in [1.54, 1.807) is 6.08 Å². The Kier molecular flexibility index (Phi) is 3.27. The second-order valence-electron chi connectivity index (χ2n) is 4.80. The lowest BCUT2D eigenvalue weighted by Gasteiger charge is -2.43. The van der Waals surface area contributed by atoms with Crippen LogP contribution in [0.5, 0.6) is 0 Å². The van der Waals surface area contributed by atoms with Gasteiger partial charge < -0.3 is 9.47 Å². The van der Waals surface area contributed by atoms with Gasteiger partial charge in [0.15, 0.2) is 6.29 Å². The fourth-order valence-corrected chi connectivity index (χ4v) is 2.52. The molecular weight excluding hydrogens is 188 g/mol. The highest BCUT2D eigenvalue weighted by atomic mass is 16.7. The third-order valence-corrected chi connectivity index (χ3v) is 3.72. The van der Waals surface area contributed by atoms with Crippen LogP contribution in [0.1, 0.15) is 25.7 Å². The highest BCUT2D eigenvalue weighted by Crippen LogP contribution is 2.42. The summed E-state index contributed by atoms with van der Waals surface area (Å²) in [6.07, 6.45) is 8.49. The van der Waals surface area contributed by atoms with Crippen molar-refractivity contribution in [1.29, 1.82) is 0 Å². The van der Waals surface area contributed by atoms with Gasteiger partial charge in [-0.15, -0.1) is 6.58 Å². The Morgan fingerprint density at radius 3 is 2.07 bits per heavy atom. The fraction of sp³-hybridized carbons (Fsp3) is 0.692. The minimum absolute atomic E-state index is 0.187. The van der Waals surface area contributed by atoms with Crippen molar-refractivity contribution in [2.75, 3.05) is 13.2 Å². The van der Waals surface area contributed by atoms with E-state index >= 15 is 0 Å². The molecule has 2 nitrogen and oxygen atoms in total. The van der Waals surface area contributed by atoms with Crippen molar-refractivity contribution in [1.82, 2.24) is 0 Å². The molecule has 2 aliphatic rings. The molecule has 0 aromatic heterocycles.